The molecule has 0 N–H and O–H groups in total. The smallest absolute Gasteiger partial charge is 0.0866 e. The Balaban J connectivity index is 2.54. The van der Waals surface area contributed by atoms with Crippen LogP contribution in [0, 0.1) is 0 Å². The molecule has 1 nitrogen and oxygen atoms in total. The SMILES string of the molecule is Clc1ccc(-c2ncsc2CBr)c(Cl)c1. The fraction of sp³-hybridized carbons (Fsp3) is 0.100. The van der Waals surface area contributed by atoms with Gasteiger partial charge in [0.15, 0.2) is 0 Å². The van der Waals surface area contributed by atoms with Crippen molar-refractivity contribution in [2.45, 2.75) is 5.33 Å². The highest BCUT2D eigenvalue weighted by Gasteiger charge is 2.11. The number of aromatic nitrogens is 1. The predicted molar refractivity (Wildman–Crippen MR) is 70.2 cm³/mol. The Morgan fingerprint density at radius 2 is 2.13 bits per heavy atom. The molecule has 0 aliphatic rings. The highest BCUT2D eigenvalue weighted by atomic mass is 79.9. The second kappa shape index (κ2) is 4.83. The van der Waals surface area contributed by atoms with E-state index in [0.717, 1.165) is 16.6 Å². The summed E-state index contributed by atoms with van der Waals surface area (Å²) in [5.41, 5.74) is 3.67. The van der Waals surface area contributed by atoms with Crippen LogP contribution in [0.2, 0.25) is 10.0 Å². The number of halogens is 3. The number of hydrogen-bond acceptors (Lipinski definition) is 2. The van der Waals surface area contributed by atoms with Crippen molar-refractivity contribution in [3.05, 3.63) is 38.6 Å². The molecular formula is C10H6BrCl2NS. The minimum atomic E-state index is 0.635. The molecular weight excluding hydrogens is 317 g/mol. The average molecular weight is 323 g/mol. The van der Waals surface area contributed by atoms with Crippen molar-refractivity contribution in [2.24, 2.45) is 0 Å². The highest BCUT2D eigenvalue weighted by molar-refractivity contribution is 9.08. The molecule has 0 aliphatic heterocycles. The summed E-state index contributed by atoms with van der Waals surface area (Å²) in [6.45, 7) is 0. The van der Waals surface area contributed by atoms with E-state index in [4.69, 9.17) is 23.2 Å². The third-order valence-electron chi connectivity index (χ3n) is 1.95. The monoisotopic (exact) mass is 321 g/mol. The van der Waals surface area contributed by atoms with Crippen LogP contribution < -0.4 is 0 Å². The van der Waals surface area contributed by atoms with Crippen molar-refractivity contribution in [1.29, 1.82) is 0 Å². The van der Waals surface area contributed by atoms with Gasteiger partial charge in [-0.2, -0.15) is 0 Å². The topological polar surface area (TPSA) is 12.9 Å². The summed E-state index contributed by atoms with van der Waals surface area (Å²) in [7, 11) is 0. The Hall–Kier alpha value is -0.0900. The molecule has 5 heteroatoms. The predicted octanol–water partition coefficient (Wildman–Crippen LogP) is 5.01. The van der Waals surface area contributed by atoms with E-state index in [2.05, 4.69) is 20.9 Å². The molecule has 0 atom stereocenters. The zero-order chi connectivity index (χ0) is 10.8. The number of thiazole rings is 1. The summed E-state index contributed by atoms with van der Waals surface area (Å²) in [5.74, 6) is 0. The van der Waals surface area contributed by atoms with Crippen molar-refractivity contribution in [2.75, 3.05) is 0 Å². The van der Waals surface area contributed by atoms with Gasteiger partial charge in [0, 0.05) is 20.8 Å². The number of nitrogens with zero attached hydrogens (tertiary/aromatic N) is 1. The zero-order valence-corrected chi connectivity index (χ0v) is 11.4. The number of alkyl halides is 1. The third-order valence-corrected chi connectivity index (χ3v) is 4.26. The first kappa shape index (κ1) is 11.4. The maximum atomic E-state index is 6.11. The van der Waals surface area contributed by atoms with Crippen LogP contribution in [0.1, 0.15) is 4.88 Å². The van der Waals surface area contributed by atoms with Gasteiger partial charge in [-0.1, -0.05) is 39.1 Å². The van der Waals surface area contributed by atoms with Crippen LogP contribution in [0.3, 0.4) is 0 Å². The van der Waals surface area contributed by atoms with Crippen LogP contribution in [0.25, 0.3) is 11.3 Å². The summed E-state index contributed by atoms with van der Waals surface area (Å²) >= 11 is 17.0. The lowest BCUT2D eigenvalue weighted by molar-refractivity contribution is 1.37. The Bertz CT molecular complexity index is 484. The van der Waals surface area contributed by atoms with Gasteiger partial charge in [-0.25, -0.2) is 4.98 Å². The molecule has 1 aromatic carbocycles. The molecule has 0 amide bonds. The van der Waals surface area contributed by atoms with Gasteiger partial charge in [0.2, 0.25) is 0 Å². The third kappa shape index (κ3) is 2.36. The molecule has 0 aliphatic carbocycles. The largest absolute Gasteiger partial charge is 0.244 e. The average Bonchev–Trinajstić information content (AvgIpc) is 2.65. The second-order valence-electron chi connectivity index (χ2n) is 2.88. The standard InChI is InChI=1S/C10H6BrCl2NS/c11-4-9-10(14-5-15-9)7-2-1-6(12)3-8(7)13/h1-3,5H,4H2. The number of benzene rings is 1. The first-order valence-corrected chi connectivity index (χ1v) is 6.92. The van der Waals surface area contributed by atoms with Crippen molar-refractivity contribution >= 4 is 50.5 Å². The van der Waals surface area contributed by atoms with E-state index in [0.29, 0.717) is 10.0 Å². The minimum Gasteiger partial charge on any atom is -0.244 e. The Kier molecular flexibility index (Phi) is 3.67. The van der Waals surface area contributed by atoms with E-state index in [-0.39, 0.29) is 0 Å². The van der Waals surface area contributed by atoms with Gasteiger partial charge in [-0.3, -0.25) is 0 Å². The molecule has 0 fully saturated rings. The van der Waals surface area contributed by atoms with Crippen LogP contribution >= 0.6 is 50.5 Å². The first-order chi connectivity index (χ1) is 7.22. The van der Waals surface area contributed by atoms with E-state index in [9.17, 15) is 0 Å². The van der Waals surface area contributed by atoms with Gasteiger partial charge >= 0.3 is 0 Å². The molecule has 0 radical (unpaired) electrons. The summed E-state index contributed by atoms with van der Waals surface area (Å²) in [5, 5.41) is 2.06. The molecule has 0 saturated heterocycles. The fourth-order valence-corrected chi connectivity index (χ4v) is 3.05. The number of rotatable bonds is 2. The molecule has 2 rings (SSSR count). The van der Waals surface area contributed by atoms with Crippen molar-refractivity contribution in [1.82, 2.24) is 4.98 Å². The lowest BCUT2D eigenvalue weighted by Gasteiger charge is -2.03. The van der Waals surface area contributed by atoms with Gasteiger partial charge in [0.1, 0.15) is 0 Å². The number of hydrogen-bond donors (Lipinski definition) is 0. The van der Waals surface area contributed by atoms with E-state index in [1.54, 1.807) is 17.4 Å². The van der Waals surface area contributed by atoms with Gasteiger partial charge in [-0.15, -0.1) is 11.3 Å². The highest BCUT2D eigenvalue weighted by Crippen LogP contribution is 2.33. The molecule has 1 aromatic heterocycles. The zero-order valence-electron chi connectivity index (χ0n) is 7.51. The van der Waals surface area contributed by atoms with Gasteiger partial charge in [0.05, 0.1) is 16.2 Å². The molecule has 0 bridgehead atoms. The van der Waals surface area contributed by atoms with E-state index >= 15 is 0 Å². The van der Waals surface area contributed by atoms with Gasteiger partial charge in [-0.05, 0) is 18.2 Å². The van der Waals surface area contributed by atoms with E-state index < -0.39 is 0 Å². The molecule has 15 heavy (non-hydrogen) atoms. The van der Waals surface area contributed by atoms with Gasteiger partial charge in [0.25, 0.3) is 0 Å². The van der Waals surface area contributed by atoms with Crippen LogP contribution in [0.15, 0.2) is 23.7 Å². The van der Waals surface area contributed by atoms with Crippen LogP contribution in [0.5, 0.6) is 0 Å². The van der Waals surface area contributed by atoms with Gasteiger partial charge < -0.3 is 0 Å². The molecule has 78 valence electrons. The lowest BCUT2D eigenvalue weighted by atomic mass is 10.1. The molecule has 1 heterocycles. The Labute approximate surface area is 110 Å². The van der Waals surface area contributed by atoms with Crippen LogP contribution in [0.4, 0.5) is 0 Å². The minimum absolute atomic E-state index is 0.635. The second-order valence-corrected chi connectivity index (χ2v) is 5.23. The summed E-state index contributed by atoms with van der Waals surface area (Å²) in [6, 6.07) is 5.45. The fourth-order valence-electron chi connectivity index (χ4n) is 1.27. The normalized spacial score (nSPS) is 10.6. The Morgan fingerprint density at radius 3 is 2.80 bits per heavy atom. The van der Waals surface area contributed by atoms with Crippen molar-refractivity contribution < 1.29 is 0 Å². The summed E-state index contributed by atoms with van der Waals surface area (Å²) in [6.07, 6.45) is 0. The summed E-state index contributed by atoms with van der Waals surface area (Å²) < 4.78 is 0. The van der Waals surface area contributed by atoms with Crippen LogP contribution in [-0.4, -0.2) is 4.98 Å². The molecule has 0 spiro atoms. The first-order valence-electron chi connectivity index (χ1n) is 4.16. The molecule has 2 aromatic rings. The van der Waals surface area contributed by atoms with E-state index in [1.165, 1.54) is 4.88 Å². The van der Waals surface area contributed by atoms with E-state index in [1.807, 2.05) is 17.6 Å². The molecule has 0 saturated carbocycles. The molecule has 0 unspecified atom stereocenters. The van der Waals surface area contributed by atoms with Crippen molar-refractivity contribution in [3.63, 3.8) is 0 Å². The Morgan fingerprint density at radius 1 is 1.33 bits per heavy atom. The summed E-state index contributed by atoms with van der Waals surface area (Å²) in [4.78, 5) is 5.47. The maximum Gasteiger partial charge on any atom is 0.0866 e. The quantitative estimate of drug-likeness (QED) is 0.708. The lowest BCUT2D eigenvalue weighted by Crippen LogP contribution is -1.83. The van der Waals surface area contributed by atoms with Crippen molar-refractivity contribution in [3.8, 4) is 11.3 Å². The maximum absolute atomic E-state index is 6.11. The van der Waals surface area contributed by atoms with Crippen LogP contribution in [-0.2, 0) is 5.33 Å².